The lowest BCUT2D eigenvalue weighted by Crippen LogP contribution is -2.52. The van der Waals surface area contributed by atoms with Crippen molar-refractivity contribution in [2.75, 3.05) is 6.61 Å². The zero-order valence-electron chi connectivity index (χ0n) is 9.52. The Labute approximate surface area is 92.6 Å². The van der Waals surface area contributed by atoms with Crippen LogP contribution in [0, 0.1) is 0 Å². The van der Waals surface area contributed by atoms with Crippen molar-refractivity contribution in [1.82, 2.24) is 5.31 Å². The van der Waals surface area contributed by atoms with Gasteiger partial charge in [-0.1, -0.05) is 0 Å². The molecule has 8 nitrogen and oxygen atoms in total. The molecule has 0 saturated carbocycles. The number of amides is 2. The van der Waals surface area contributed by atoms with Crippen molar-refractivity contribution in [2.24, 2.45) is 0 Å². The van der Waals surface area contributed by atoms with Gasteiger partial charge in [-0.15, -0.1) is 0 Å². The lowest BCUT2D eigenvalue weighted by atomic mass is 10.0. The van der Waals surface area contributed by atoms with Crippen LogP contribution in [0.2, 0.25) is 1.41 Å². The molecule has 0 aliphatic heterocycles. The van der Waals surface area contributed by atoms with Gasteiger partial charge in [0.15, 0.2) is 7.52 Å². The first-order chi connectivity index (χ1) is 7.73. The van der Waals surface area contributed by atoms with Gasteiger partial charge in [-0.2, -0.15) is 0 Å². The normalized spacial score (nSPS) is 19.2. The Bertz CT molecular complexity index is 287. The predicted molar refractivity (Wildman–Crippen MR) is 49.9 cm³/mol. The van der Waals surface area contributed by atoms with Crippen molar-refractivity contribution < 1.29 is 36.5 Å². The molecule has 4 atom stereocenters. The summed E-state index contributed by atoms with van der Waals surface area (Å²) in [6, 6.07) is 0. The first-order valence-corrected chi connectivity index (χ1v) is 4.40. The highest BCUT2D eigenvalue weighted by atomic mass is 16.4. The smallest absolute Gasteiger partial charge is 0.258 e. The maximum Gasteiger partial charge on any atom is 0.258 e. The predicted octanol–water partition coefficient (Wildman–Crippen LogP) is -3.91. The molecule has 0 radical (unpaired) electrons. The van der Waals surface area contributed by atoms with E-state index in [1.54, 1.807) is 0 Å². The fraction of sp³-hybridized carbons (Fsp3) is 0.750. The lowest BCUT2D eigenvalue weighted by Gasteiger charge is -2.24. The van der Waals surface area contributed by atoms with E-state index in [1.165, 1.54) is 0 Å². The molecule has 0 rings (SSSR count). The topological polar surface area (TPSA) is 147 Å². The molecule has 0 aromatic carbocycles. The van der Waals surface area contributed by atoms with E-state index in [0.717, 1.165) is 6.92 Å². The van der Waals surface area contributed by atoms with Crippen molar-refractivity contribution in [3.63, 3.8) is 0 Å². The van der Waals surface area contributed by atoms with E-state index < -0.39 is 42.8 Å². The van der Waals surface area contributed by atoms with Gasteiger partial charge in [0.05, 0.1) is 6.61 Å². The standard InChI is InChI=1S/C8H15NO7/c1-3(11)9-8(16)7(15)6(14)5(13)4(12)2-10/h4-7,10,12-15H,2H2,1H3,(H,9,11,16)/t4-,5+,6+,7-/m1/s1/i/hD. The van der Waals surface area contributed by atoms with Crippen LogP contribution < -0.4 is 5.31 Å². The number of rotatable bonds is 5. The number of carbonyl (C=O) groups is 2. The average molecular weight is 238 g/mol. The molecule has 0 unspecified atom stereocenters. The van der Waals surface area contributed by atoms with Gasteiger partial charge in [0, 0.05) is 6.92 Å². The first kappa shape index (κ1) is 13.0. The number of nitrogens with one attached hydrogen (secondary N) is 1. The van der Waals surface area contributed by atoms with Crippen molar-refractivity contribution in [3.8, 4) is 0 Å². The number of carbonyl (C=O) groups excluding carboxylic acids is 2. The number of hydrogen-bond acceptors (Lipinski definition) is 7. The Morgan fingerprint density at radius 2 is 1.75 bits per heavy atom. The van der Waals surface area contributed by atoms with E-state index in [9.17, 15) is 24.9 Å². The molecule has 0 fully saturated rings. The van der Waals surface area contributed by atoms with Gasteiger partial charge in [-0.3, -0.25) is 14.9 Å². The maximum atomic E-state index is 11.2. The summed E-state index contributed by atoms with van der Waals surface area (Å²) >= 11 is 0. The minimum absolute atomic E-state index is 0.189. The van der Waals surface area contributed by atoms with Crippen LogP contribution in [0.1, 0.15) is 6.92 Å². The third-order valence-corrected chi connectivity index (χ3v) is 1.78. The highest BCUT2D eigenvalue weighted by Crippen LogP contribution is 2.05. The van der Waals surface area contributed by atoms with Crippen LogP contribution >= 0.6 is 0 Å². The average Bonchev–Trinajstić information content (AvgIpc) is 2.32. The Balaban J connectivity index is 4.64. The van der Waals surface area contributed by atoms with Crippen LogP contribution in [0.4, 0.5) is 0 Å². The quantitative estimate of drug-likeness (QED) is 0.286. The van der Waals surface area contributed by atoms with Gasteiger partial charge >= 0.3 is 0 Å². The largest absolute Gasteiger partial charge is 0.394 e. The minimum Gasteiger partial charge on any atom is -0.394 e. The third-order valence-electron chi connectivity index (χ3n) is 1.78. The third kappa shape index (κ3) is 4.21. The zero-order valence-corrected chi connectivity index (χ0v) is 8.52. The lowest BCUT2D eigenvalue weighted by molar-refractivity contribution is -0.150. The van der Waals surface area contributed by atoms with Crippen molar-refractivity contribution >= 4 is 11.8 Å². The second-order valence-electron chi connectivity index (χ2n) is 3.15. The molecule has 8 heteroatoms. The van der Waals surface area contributed by atoms with E-state index in [2.05, 4.69) is 0 Å². The molecular weight excluding hydrogens is 222 g/mol. The van der Waals surface area contributed by atoms with Crippen molar-refractivity contribution in [2.45, 2.75) is 31.3 Å². The van der Waals surface area contributed by atoms with E-state index in [0.29, 0.717) is 0 Å². The summed E-state index contributed by atoms with van der Waals surface area (Å²) in [6.45, 7) is -0.000561. The molecule has 2 amide bonds. The minimum atomic E-state index is -2.26. The molecule has 6 N–H and O–H groups in total. The number of imide groups is 1. The summed E-state index contributed by atoms with van der Waals surface area (Å²) in [6.07, 6.45) is -8.13. The van der Waals surface area contributed by atoms with Gasteiger partial charge in [0.2, 0.25) is 5.91 Å². The molecule has 0 heterocycles. The van der Waals surface area contributed by atoms with Crippen LogP contribution in [-0.2, 0) is 9.59 Å². The fourth-order valence-electron chi connectivity index (χ4n) is 0.890. The molecule has 0 aromatic heterocycles. The number of aliphatic hydroxyl groups is 5. The summed E-state index contributed by atoms with van der Waals surface area (Å²) in [5, 5.41) is 45.0. The van der Waals surface area contributed by atoms with Crippen LogP contribution in [0.25, 0.3) is 0 Å². The Hall–Kier alpha value is -1.06. The highest BCUT2D eigenvalue weighted by molar-refractivity contribution is 5.96. The molecule has 16 heavy (non-hydrogen) atoms. The molecule has 0 saturated heterocycles. The summed E-state index contributed by atoms with van der Waals surface area (Å²) in [5.74, 6) is -2.44. The number of hydrogen-bond donors (Lipinski definition) is 6. The summed E-state index contributed by atoms with van der Waals surface area (Å²) in [4.78, 5) is 21.8. The van der Waals surface area contributed by atoms with E-state index in [4.69, 9.17) is 11.6 Å². The van der Waals surface area contributed by atoms with Crippen LogP contribution in [0.3, 0.4) is 0 Å². The van der Waals surface area contributed by atoms with Crippen LogP contribution in [-0.4, -0.2) is 68.4 Å². The highest BCUT2D eigenvalue weighted by Gasteiger charge is 2.34. The van der Waals surface area contributed by atoms with E-state index in [-0.39, 0.29) is 5.31 Å². The van der Waals surface area contributed by atoms with E-state index >= 15 is 0 Å². The Morgan fingerprint density at radius 1 is 1.25 bits per heavy atom. The zero-order chi connectivity index (χ0) is 13.7. The van der Waals surface area contributed by atoms with Crippen LogP contribution in [0.15, 0.2) is 0 Å². The van der Waals surface area contributed by atoms with Gasteiger partial charge in [-0.05, 0) is 0 Å². The Morgan fingerprint density at radius 3 is 2.12 bits per heavy atom. The van der Waals surface area contributed by atoms with Crippen molar-refractivity contribution in [3.05, 3.63) is 0 Å². The SMILES string of the molecule is [2H]N(C(C)=O)C(=O)[C@H](O)[C@@H](O)[C@@H](O)[C@H](O)CO. The molecule has 0 aliphatic rings. The maximum absolute atomic E-state index is 11.2. The summed E-state index contributed by atoms with van der Waals surface area (Å²) in [5.41, 5.74) is 0. The number of aliphatic hydroxyl groups excluding tert-OH is 5. The van der Waals surface area contributed by atoms with Gasteiger partial charge in [0.25, 0.3) is 5.91 Å². The summed E-state index contributed by atoms with van der Waals surface area (Å²) in [7, 11) is 0. The van der Waals surface area contributed by atoms with Gasteiger partial charge in [0.1, 0.15) is 18.3 Å². The monoisotopic (exact) mass is 238 g/mol. The molecule has 0 bridgehead atoms. The fourth-order valence-corrected chi connectivity index (χ4v) is 0.890. The molecule has 0 spiro atoms. The Kier molecular flexibility index (Phi) is 5.29. The second kappa shape index (κ2) is 6.51. The molecule has 0 aliphatic carbocycles. The molecule has 94 valence electrons. The first-order valence-electron chi connectivity index (χ1n) is 4.85. The van der Waals surface area contributed by atoms with E-state index in [1.807, 2.05) is 0 Å². The van der Waals surface area contributed by atoms with Gasteiger partial charge < -0.3 is 25.5 Å². The molecule has 0 aromatic rings. The van der Waals surface area contributed by atoms with Crippen LogP contribution in [0.5, 0.6) is 0 Å². The van der Waals surface area contributed by atoms with Gasteiger partial charge in [-0.25, -0.2) is 0 Å². The van der Waals surface area contributed by atoms with Crippen molar-refractivity contribution in [1.29, 1.82) is 0 Å². The second-order valence-corrected chi connectivity index (χ2v) is 3.15. The molecular formula is C8H15NO7. The summed E-state index contributed by atoms with van der Waals surface area (Å²) < 4.78 is 6.92.